The second-order valence-electron chi connectivity index (χ2n) is 6.76. The Morgan fingerprint density at radius 3 is 2.67 bits per heavy atom. The van der Waals surface area contributed by atoms with E-state index in [9.17, 15) is 9.59 Å². The number of carbonyl (C=O) groups excluding carboxylic acids is 2. The minimum absolute atomic E-state index is 0.0969. The van der Waals surface area contributed by atoms with Crippen LogP contribution in [0.2, 0.25) is 0 Å². The van der Waals surface area contributed by atoms with Crippen LogP contribution in [0.4, 0.5) is 5.13 Å². The fraction of sp³-hybridized carbons (Fsp3) is 0.238. The molecule has 9 heteroatoms. The zero-order chi connectivity index (χ0) is 20.9. The van der Waals surface area contributed by atoms with E-state index >= 15 is 0 Å². The van der Waals surface area contributed by atoms with Crippen LogP contribution in [0.5, 0.6) is 5.75 Å². The number of hydrogen-bond acceptors (Lipinski definition) is 6. The van der Waals surface area contributed by atoms with Crippen LogP contribution in [0.25, 0.3) is 10.6 Å². The fourth-order valence-electron chi connectivity index (χ4n) is 3.25. The maximum atomic E-state index is 12.8. The zero-order valence-corrected chi connectivity index (χ0v) is 18.4. The van der Waals surface area contributed by atoms with Crippen molar-refractivity contribution in [3.63, 3.8) is 0 Å². The molecule has 0 saturated carbocycles. The number of rotatable bonds is 6. The third-order valence-electron chi connectivity index (χ3n) is 4.73. The average Bonchev–Trinajstić information content (AvgIpc) is 3.43. The van der Waals surface area contributed by atoms with Gasteiger partial charge in [-0.3, -0.25) is 14.9 Å². The first-order valence-electron chi connectivity index (χ1n) is 9.48. The number of hydrogen-bond donors (Lipinski definition) is 1. The van der Waals surface area contributed by atoms with Gasteiger partial charge in [-0.15, -0.1) is 10.2 Å². The predicted molar refractivity (Wildman–Crippen MR) is 118 cm³/mol. The predicted octanol–water partition coefficient (Wildman–Crippen LogP) is 3.98. The number of anilines is 1. The summed E-state index contributed by atoms with van der Waals surface area (Å²) in [5, 5.41) is 12.2. The number of nitrogens with zero attached hydrogens (tertiary/aromatic N) is 3. The van der Waals surface area contributed by atoms with Crippen LogP contribution in [0.15, 0.2) is 59.1 Å². The van der Waals surface area contributed by atoms with E-state index in [0.29, 0.717) is 28.9 Å². The van der Waals surface area contributed by atoms with Gasteiger partial charge in [0.15, 0.2) is 6.61 Å². The highest BCUT2D eigenvalue weighted by Gasteiger charge is 2.34. The van der Waals surface area contributed by atoms with Crippen molar-refractivity contribution in [1.82, 2.24) is 15.1 Å². The third kappa shape index (κ3) is 4.85. The Kier molecular flexibility index (Phi) is 6.39. The lowest BCUT2D eigenvalue weighted by Gasteiger charge is -2.23. The van der Waals surface area contributed by atoms with E-state index in [0.717, 1.165) is 16.5 Å². The minimum Gasteiger partial charge on any atom is -0.484 e. The van der Waals surface area contributed by atoms with Crippen molar-refractivity contribution in [2.24, 2.45) is 0 Å². The minimum atomic E-state index is -0.531. The summed E-state index contributed by atoms with van der Waals surface area (Å²) in [7, 11) is 0. The largest absolute Gasteiger partial charge is 0.484 e. The lowest BCUT2D eigenvalue weighted by Crippen LogP contribution is -2.45. The summed E-state index contributed by atoms with van der Waals surface area (Å²) in [6, 6.07) is 16.3. The Morgan fingerprint density at radius 2 is 1.90 bits per heavy atom. The van der Waals surface area contributed by atoms with Gasteiger partial charge < -0.3 is 9.64 Å². The molecule has 1 saturated heterocycles. The summed E-state index contributed by atoms with van der Waals surface area (Å²) >= 11 is 4.70. The Morgan fingerprint density at radius 1 is 1.13 bits per heavy atom. The molecule has 2 aromatic carbocycles. The van der Waals surface area contributed by atoms with Crippen molar-refractivity contribution in [3.05, 3.63) is 59.1 Å². The number of halogens is 1. The van der Waals surface area contributed by atoms with E-state index < -0.39 is 6.04 Å². The molecule has 1 aromatic heterocycles. The molecule has 1 fully saturated rings. The standard InChI is InChI=1S/C21H19BrN4O3S/c22-15-10-8-14(9-11-15)20-24-25-21(30-20)23-19(28)17-7-4-12-26(17)18(27)13-29-16-5-2-1-3-6-16/h1-3,5-6,8-11,17H,4,7,12-13H2,(H,23,25,28). The lowest BCUT2D eigenvalue weighted by atomic mass is 10.2. The molecule has 0 aliphatic carbocycles. The zero-order valence-electron chi connectivity index (χ0n) is 16.0. The number of amides is 2. The molecule has 1 N–H and O–H groups in total. The van der Waals surface area contributed by atoms with Gasteiger partial charge in [0.05, 0.1) is 0 Å². The molecule has 7 nitrogen and oxygen atoms in total. The van der Waals surface area contributed by atoms with E-state index in [1.807, 2.05) is 42.5 Å². The van der Waals surface area contributed by atoms with E-state index in [1.54, 1.807) is 17.0 Å². The second kappa shape index (κ2) is 9.36. The van der Waals surface area contributed by atoms with E-state index in [1.165, 1.54) is 11.3 Å². The van der Waals surface area contributed by atoms with Gasteiger partial charge >= 0.3 is 0 Å². The van der Waals surface area contributed by atoms with Gasteiger partial charge in [0.25, 0.3) is 5.91 Å². The molecule has 0 bridgehead atoms. The summed E-state index contributed by atoms with van der Waals surface area (Å²) in [5.41, 5.74) is 0.923. The molecule has 1 aliphatic rings. The molecule has 0 spiro atoms. The van der Waals surface area contributed by atoms with Gasteiger partial charge in [-0.25, -0.2) is 0 Å². The first kappa shape index (κ1) is 20.5. The third-order valence-corrected chi connectivity index (χ3v) is 6.14. The molecular formula is C21H19BrN4O3S. The van der Waals surface area contributed by atoms with E-state index in [4.69, 9.17) is 4.74 Å². The van der Waals surface area contributed by atoms with Gasteiger partial charge in [0.2, 0.25) is 11.0 Å². The normalized spacial score (nSPS) is 15.8. The van der Waals surface area contributed by atoms with Gasteiger partial charge in [-0.2, -0.15) is 0 Å². The number of ether oxygens (including phenoxy) is 1. The molecule has 1 unspecified atom stereocenters. The molecule has 4 rings (SSSR count). The Labute approximate surface area is 186 Å². The molecule has 1 aliphatic heterocycles. The monoisotopic (exact) mass is 486 g/mol. The quantitative estimate of drug-likeness (QED) is 0.569. The molecular weight excluding hydrogens is 468 g/mol. The number of nitrogens with one attached hydrogen (secondary N) is 1. The Balaban J connectivity index is 1.36. The fourth-order valence-corrected chi connectivity index (χ4v) is 4.27. The van der Waals surface area contributed by atoms with Crippen molar-refractivity contribution in [1.29, 1.82) is 0 Å². The highest BCUT2D eigenvalue weighted by Crippen LogP contribution is 2.28. The van der Waals surface area contributed by atoms with Crippen molar-refractivity contribution in [2.45, 2.75) is 18.9 Å². The number of benzene rings is 2. The van der Waals surface area contributed by atoms with Crippen LogP contribution in [-0.4, -0.2) is 46.1 Å². The van der Waals surface area contributed by atoms with Crippen LogP contribution in [0.1, 0.15) is 12.8 Å². The highest BCUT2D eigenvalue weighted by molar-refractivity contribution is 9.10. The van der Waals surface area contributed by atoms with Crippen molar-refractivity contribution >= 4 is 44.2 Å². The molecule has 1 atom stereocenters. The summed E-state index contributed by atoms with van der Waals surface area (Å²) in [4.78, 5) is 27.0. The highest BCUT2D eigenvalue weighted by atomic mass is 79.9. The van der Waals surface area contributed by atoms with Crippen LogP contribution in [-0.2, 0) is 9.59 Å². The van der Waals surface area contributed by atoms with Gasteiger partial charge in [0.1, 0.15) is 16.8 Å². The van der Waals surface area contributed by atoms with Crippen molar-refractivity contribution in [3.8, 4) is 16.3 Å². The van der Waals surface area contributed by atoms with E-state index in [2.05, 4.69) is 31.4 Å². The van der Waals surface area contributed by atoms with Crippen molar-refractivity contribution < 1.29 is 14.3 Å². The Bertz CT molecular complexity index is 1030. The summed E-state index contributed by atoms with van der Waals surface area (Å²) < 4.78 is 6.52. The Hall–Kier alpha value is -2.78. The molecule has 0 radical (unpaired) electrons. The summed E-state index contributed by atoms with van der Waals surface area (Å²) in [6.07, 6.45) is 1.39. The SMILES string of the molecule is O=C(Nc1nnc(-c2ccc(Br)cc2)s1)C1CCCN1C(=O)COc1ccccc1. The smallest absolute Gasteiger partial charge is 0.261 e. The van der Waals surface area contributed by atoms with E-state index in [-0.39, 0.29) is 18.4 Å². The molecule has 3 aromatic rings. The number of carbonyl (C=O) groups is 2. The molecule has 154 valence electrons. The van der Waals surface area contributed by atoms with Gasteiger partial charge in [0, 0.05) is 16.6 Å². The second-order valence-corrected chi connectivity index (χ2v) is 8.65. The van der Waals surface area contributed by atoms with Crippen LogP contribution >= 0.6 is 27.3 Å². The average molecular weight is 487 g/mol. The first-order chi connectivity index (χ1) is 14.6. The summed E-state index contributed by atoms with van der Waals surface area (Å²) in [6.45, 7) is 0.440. The van der Waals surface area contributed by atoms with Crippen LogP contribution in [0, 0.1) is 0 Å². The van der Waals surface area contributed by atoms with Crippen molar-refractivity contribution in [2.75, 3.05) is 18.5 Å². The van der Waals surface area contributed by atoms with Crippen LogP contribution < -0.4 is 10.1 Å². The molecule has 2 amide bonds. The number of likely N-dealkylation sites (tertiary alicyclic amines) is 1. The van der Waals surface area contributed by atoms with Crippen LogP contribution in [0.3, 0.4) is 0 Å². The lowest BCUT2D eigenvalue weighted by molar-refractivity contribution is -0.138. The molecule has 30 heavy (non-hydrogen) atoms. The first-order valence-corrected chi connectivity index (χ1v) is 11.1. The molecule has 2 heterocycles. The van der Waals surface area contributed by atoms with Gasteiger partial charge in [-0.1, -0.05) is 57.6 Å². The topological polar surface area (TPSA) is 84.4 Å². The number of aromatic nitrogens is 2. The number of para-hydroxylation sites is 1. The maximum Gasteiger partial charge on any atom is 0.261 e. The maximum absolute atomic E-state index is 12.8. The summed E-state index contributed by atoms with van der Waals surface area (Å²) in [5.74, 6) is 0.170. The van der Waals surface area contributed by atoms with Gasteiger partial charge in [-0.05, 0) is 37.1 Å².